The van der Waals surface area contributed by atoms with Crippen LogP contribution in [0.15, 0.2) is 53.9 Å². The molecular weight excluding hydrogens is 529 g/mol. The van der Waals surface area contributed by atoms with Crippen molar-refractivity contribution in [1.29, 1.82) is 0 Å². The molecule has 0 spiro atoms. The number of fused-ring (bicyclic) bond motifs is 1. The summed E-state index contributed by atoms with van der Waals surface area (Å²) >= 11 is 13.9. The zero-order valence-corrected chi connectivity index (χ0v) is 23.5. The minimum Gasteiger partial charge on any atom is -0.491 e. The van der Waals surface area contributed by atoms with Crippen LogP contribution in [-0.4, -0.2) is 47.5 Å². The fraction of sp³-hybridized carbons (Fsp3) is 0.357. The van der Waals surface area contributed by atoms with Gasteiger partial charge in [0.25, 0.3) is 0 Å². The average Bonchev–Trinajstić information content (AvgIpc) is 3.36. The fourth-order valence-corrected chi connectivity index (χ4v) is 5.64. The van der Waals surface area contributed by atoms with E-state index in [4.69, 9.17) is 27.9 Å². The van der Waals surface area contributed by atoms with Crippen molar-refractivity contribution >= 4 is 52.2 Å². The highest BCUT2D eigenvalue weighted by atomic mass is 35.5. The third-order valence-electron chi connectivity index (χ3n) is 6.72. The molecule has 1 aromatic heterocycles. The number of anilines is 1. The highest BCUT2D eigenvalue weighted by molar-refractivity contribution is 7.10. The second-order valence-electron chi connectivity index (χ2n) is 9.20. The van der Waals surface area contributed by atoms with Gasteiger partial charge in [0.05, 0.1) is 6.04 Å². The number of aryl methyl sites for hydroxylation is 1. The lowest BCUT2D eigenvalue weighted by molar-refractivity contribution is -0.135. The van der Waals surface area contributed by atoms with Gasteiger partial charge >= 0.3 is 6.03 Å². The largest absolute Gasteiger partial charge is 0.491 e. The Kier molecular flexibility index (Phi) is 9.00. The van der Waals surface area contributed by atoms with Crippen LogP contribution in [0.2, 0.25) is 10.0 Å². The zero-order chi connectivity index (χ0) is 26.5. The van der Waals surface area contributed by atoms with Crippen molar-refractivity contribution in [2.24, 2.45) is 0 Å². The number of hydrogen-bond donors (Lipinski definition) is 1. The number of amides is 3. The number of nitrogens with zero attached hydrogens (tertiary/aromatic N) is 2. The summed E-state index contributed by atoms with van der Waals surface area (Å²) in [7, 11) is 0. The lowest BCUT2D eigenvalue weighted by Gasteiger charge is -2.38. The standard InChI is InChI=1S/C28H31Cl2N3O3S/c1-4-19(3)33(28(35)31-21-7-5-6-20(29)15-21)16-27(34)32-12-10-26-23(11-13-37-26)25(32)17-36-22-8-9-24(30)18(2)14-22/h5-9,11,13-15,19,25H,4,10,12,16-17H2,1-3H3,(H,31,35). The number of ether oxygens (including phenoxy) is 1. The summed E-state index contributed by atoms with van der Waals surface area (Å²) in [6, 6.07) is 13.9. The number of rotatable bonds is 8. The van der Waals surface area contributed by atoms with Gasteiger partial charge in [-0.25, -0.2) is 4.79 Å². The molecule has 6 nitrogen and oxygen atoms in total. The van der Waals surface area contributed by atoms with Gasteiger partial charge in [-0.3, -0.25) is 4.79 Å². The van der Waals surface area contributed by atoms with Gasteiger partial charge in [-0.15, -0.1) is 11.3 Å². The topological polar surface area (TPSA) is 61.9 Å². The molecule has 2 heterocycles. The number of nitrogens with one attached hydrogen (secondary N) is 1. The number of hydrogen-bond acceptors (Lipinski definition) is 4. The summed E-state index contributed by atoms with van der Waals surface area (Å²) in [5.74, 6) is 0.595. The molecule has 3 amide bonds. The molecular formula is C28H31Cl2N3O3S. The lowest BCUT2D eigenvalue weighted by atomic mass is 10.00. The fourth-order valence-electron chi connectivity index (χ4n) is 4.40. The van der Waals surface area contributed by atoms with E-state index in [0.717, 1.165) is 17.5 Å². The van der Waals surface area contributed by atoms with Crippen LogP contribution in [0.25, 0.3) is 0 Å². The van der Waals surface area contributed by atoms with Crippen molar-refractivity contribution < 1.29 is 14.3 Å². The molecule has 37 heavy (non-hydrogen) atoms. The Bertz CT molecular complexity index is 1260. The van der Waals surface area contributed by atoms with Crippen molar-refractivity contribution in [2.45, 2.75) is 45.7 Å². The summed E-state index contributed by atoms with van der Waals surface area (Å²) in [6.45, 7) is 6.73. The SMILES string of the molecule is CCC(C)N(CC(=O)N1CCc2sccc2C1COc1ccc(Cl)c(C)c1)C(=O)Nc1cccc(Cl)c1. The van der Waals surface area contributed by atoms with Gasteiger partial charge in [-0.2, -0.15) is 0 Å². The van der Waals surface area contributed by atoms with E-state index in [2.05, 4.69) is 16.8 Å². The molecule has 196 valence electrons. The quantitative estimate of drug-likeness (QED) is 0.317. The molecule has 0 radical (unpaired) electrons. The van der Waals surface area contributed by atoms with Gasteiger partial charge in [0.15, 0.2) is 0 Å². The van der Waals surface area contributed by atoms with Gasteiger partial charge in [-0.1, -0.05) is 36.2 Å². The number of thiophene rings is 1. The van der Waals surface area contributed by atoms with Crippen molar-refractivity contribution in [3.8, 4) is 5.75 Å². The maximum atomic E-state index is 13.7. The molecule has 9 heteroatoms. The van der Waals surface area contributed by atoms with Crippen molar-refractivity contribution in [1.82, 2.24) is 9.80 Å². The van der Waals surface area contributed by atoms with E-state index in [1.165, 1.54) is 4.88 Å². The van der Waals surface area contributed by atoms with Crippen LogP contribution in [0.4, 0.5) is 10.5 Å². The van der Waals surface area contributed by atoms with Crippen LogP contribution in [-0.2, 0) is 11.2 Å². The lowest BCUT2D eigenvalue weighted by Crippen LogP contribution is -2.50. The van der Waals surface area contributed by atoms with Gasteiger partial charge in [0.1, 0.15) is 18.9 Å². The average molecular weight is 561 g/mol. The molecule has 0 fully saturated rings. The predicted octanol–water partition coefficient (Wildman–Crippen LogP) is 7.20. The molecule has 0 saturated heterocycles. The maximum absolute atomic E-state index is 13.7. The van der Waals surface area contributed by atoms with E-state index in [-0.39, 0.29) is 30.6 Å². The predicted molar refractivity (Wildman–Crippen MR) is 151 cm³/mol. The van der Waals surface area contributed by atoms with Gasteiger partial charge in [0.2, 0.25) is 5.91 Å². The zero-order valence-electron chi connectivity index (χ0n) is 21.2. The van der Waals surface area contributed by atoms with Gasteiger partial charge in [-0.05, 0) is 85.7 Å². The van der Waals surface area contributed by atoms with E-state index in [9.17, 15) is 9.59 Å². The number of halogens is 2. The van der Waals surface area contributed by atoms with Crippen molar-refractivity contribution in [3.63, 3.8) is 0 Å². The minimum absolute atomic E-state index is 0.0303. The van der Waals surface area contributed by atoms with E-state index >= 15 is 0 Å². The summed E-state index contributed by atoms with van der Waals surface area (Å²) in [5.41, 5.74) is 2.62. The molecule has 0 bridgehead atoms. The second-order valence-corrected chi connectivity index (χ2v) is 11.0. The van der Waals surface area contributed by atoms with Crippen LogP contribution in [0.5, 0.6) is 5.75 Å². The molecule has 3 aromatic rings. The van der Waals surface area contributed by atoms with Crippen molar-refractivity contribution in [2.75, 3.05) is 25.0 Å². The third kappa shape index (κ3) is 6.58. The molecule has 1 N–H and O–H groups in total. The van der Waals surface area contributed by atoms with Crippen LogP contribution in [0, 0.1) is 6.92 Å². The molecule has 0 aliphatic carbocycles. The molecule has 1 aliphatic rings. The first kappa shape index (κ1) is 27.3. The van der Waals surface area contributed by atoms with Crippen LogP contribution in [0.3, 0.4) is 0 Å². The Morgan fingerprint density at radius 3 is 2.76 bits per heavy atom. The molecule has 2 aromatic carbocycles. The Labute approximate surface area is 232 Å². The molecule has 1 aliphatic heterocycles. The van der Waals surface area contributed by atoms with Crippen LogP contribution in [0.1, 0.15) is 42.3 Å². The smallest absolute Gasteiger partial charge is 0.322 e. The van der Waals surface area contributed by atoms with Gasteiger partial charge in [0, 0.05) is 33.2 Å². The molecule has 2 atom stereocenters. The number of benzene rings is 2. The Hall–Kier alpha value is -2.74. The van der Waals surface area contributed by atoms with E-state index in [0.29, 0.717) is 41.1 Å². The van der Waals surface area contributed by atoms with E-state index < -0.39 is 0 Å². The summed E-state index contributed by atoms with van der Waals surface area (Å²) in [4.78, 5) is 31.6. The summed E-state index contributed by atoms with van der Waals surface area (Å²) in [6.07, 6.45) is 1.50. The molecule has 4 rings (SSSR count). The maximum Gasteiger partial charge on any atom is 0.322 e. The monoisotopic (exact) mass is 559 g/mol. The first-order valence-corrected chi connectivity index (χ1v) is 14.0. The number of urea groups is 1. The minimum atomic E-state index is -0.331. The first-order chi connectivity index (χ1) is 17.8. The number of carbonyl (C=O) groups is 2. The highest BCUT2D eigenvalue weighted by Crippen LogP contribution is 2.34. The summed E-state index contributed by atoms with van der Waals surface area (Å²) < 4.78 is 6.15. The Morgan fingerprint density at radius 1 is 1.22 bits per heavy atom. The first-order valence-electron chi connectivity index (χ1n) is 12.3. The Morgan fingerprint density at radius 2 is 2.03 bits per heavy atom. The highest BCUT2D eigenvalue weighted by Gasteiger charge is 2.34. The molecule has 0 saturated carbocycles. The third-order valence-corrected chi connectivity index (χ3v) is 8.37. The molecule has 2 unspecified atom stereocenters. The summed E-state index contributed by atoms with van der Waals surface area (Å²) in [5, 5.41) is 6.15. The van der Waals surface area contributed by atoms with E-state index in [1.807, 2.05) is 43.9 Å². The van der Waals surface area contributed by atoms with Crippen LogP contribution >= 0.6 is 34.5 Å². The normalized spacial score (nSPS) is 15.6. The van der Waals surface area contributed by atoms with Crippen LogP contribution < -0.4 is 10.1 Å². The number of carbonyl (C=O) groups excluding carboxylic acids is 2. The van der Waals surface area contributed by atoms with E-state index in [1.54, 1.807) is 40.5 Å². The van der Waals surface area contributed by atoms with Gasteiger partial charge < -0.3 is 19.9 Å². The Balaban J connectivity index is 1.51. The van der Waals surface area contributed by atoms with Crippen molar-refractivity contribution in [3.05, 3.63) is 80.0 Å². The second kappa shape index (κ2) is 12.2.